The van der Waals surface area contributed by atoms with Gasteiger partial charge in [-0.25, -0.2) is 8.42 Å². The summed E-state index contributed by atoms with van der Waals surface area (Å²) in [5.74, 6) is 0.765. The number of hydrogen-bond acceptors (Lipinski definition) is 6. The molecule has 10 heteroatoms. The van der Waals surface area contributed by atoms with Crippen LogP contribution in [0.2, 0.25) is 0 Å². The molecule has 0 bridgehead atoms. The Morgan fingerprint density at radius 1 is 1.12 bits per heavy atom. The fourth-order valence-corrected chi connectivity index (χ4v) is 5.11. The first-order chi connectivity index (χ1) is 15.4. The molecule has 2 heterocycles. The number of carbonyl (C=O) groups excluding carboxylic acids is 2. The molecule has 9 nitrogen and oxygen atoms in total. The Labute approximate surface area is 187 Å². The molecule has 0 saturated carbocycles. The van der Waals surface area contributed by atoms with Crippen LogP contribution in [0.15, 0.2) is 47.4 Å². The third kappa shape index (κ3) is 4.42. The van der Waals surface area contributed by atoms with Crippen molar-refractivity contribution in [3.63, 3.8) is 0 Å². The van der Waals surface area contributed by atoms with E-state index in [-0.39, 0.29) is 36.3 Å². The van der Waals surface area contributed by atoms with Gasteiger partial charge in [0.25, 0.3) is 5.91 Å². The largest absolute Gasteiger partial charge is 0.486 e. The minimum atomic E-state index is -3.80. The van der Waals surface area contributed by atoms with Crippen molar-refractivity contribution < 1.29 is 27.5 Å². The molecule has 0 aliphatic carbocycles. The van der Waals surface area contributed by atoms with E-state index in [1.54, 1.807) is 4.90 Å². The number of nitrogens with zero attached hydrogens (tertiary/aromatic N) is 2. The zero-order valence-electron chi connectivity index (χ0n) is 17.7. The number of ether oxygens (including phenoxy) is 2. The highest BCUT2D eigenvalue weighted by atomic mass is 32.2. The van der Waals surface area contributed by atoms with Crippen LogP contribution in [-0.2, 0) is 21.4 Å². The second kappa shape index (κ2) is 9.17. The maximum absolute atomic E-state index is 13.1. The van der Waals surface area contributed by atoms with Crippen LogP contribution in [-0.4, -0.2) is 68.8 Å². The molecule has 1 saturated heterocycles. The van der Waals surface area contributed by atoms with E-state index in [2.05, 4.69) is 5.32 Å². The Morgan fingerprint density at radius 2 is 1.88 bits per heavy atom. The van der Waals surface area contributed by atoms with E-state index in [1.807, 2.05) is 25.1 Å². The number of fused-ring (bicyclic) bond motifs is 1. The lowest BCUT2D eigenvalue weighted by Gasteiger charge is -2.26. The molecule has 2 aliphatic rings. The number of piperazine rings is 1. The normalized spacial score (nSPS) is 16.3. The molecule has 2 aromatic rings. The maximum Gasteiger partial charge on any atom is 0.254 e. The minimum absolute atomic E-state index is 0.0504. The summed E-state index contributed by atoms with van der Waals surface area (Å²) in [5.41, 5.74) is 1.23. The van der Waals surface area contributed by atoms with Gasteiger partial charge in [0.15, 0.2) is 11.5 Å². The van der Waals surface area contributed by atoms with E-state index in [1.165, 1.54) is 24.3 Å². The predicted octanol–water partition coefficient (Wildman–Crippen LogP) is 1.24. The van der Waals surface area contributed by atoms with E-state index in [0.717, 1.165) is 9.87 Å². The van der Waals surface area contributed by atoms with Crippen molar-refractivity contribution in [2.24, 2.45) is 0 Å². The Bertz CT molecular complexity index is 1120. The maximum atomic E-state index is 13.1. The van der Waals surface area contributed by atoms with E-state index < -0.39 is 10.0 Å². The number of amides is 2. The highest BCUT2D eigenvalue weighted by molar-refractivity contribution is 7.89. The SMILES string of the molecule is CCN(Cc1cccc2c1OCCO2)C(=O)c1ccc(S(=O)(=O)N2CCNC(=O)C2)cc1. The van der Waals surface area contributed by atoms with Gasteiger partial charge in [-0.1, -0.05) is 12.1 Å². The van der Waals surface area contributed by atoms with Crippen LogP contribution in [0, 0.1) is 0 Å². The molecule has 2 aliphatic heterocycles. The van der Waals surface area contributed by atoms with Crippen molar-refractivity contribution in [2.75, 3.05) is 39.4 Å². The number of carbonyl (C=O) groups is 2. The zero-order valence-corrected chi connectivity index (χ0v) is 18.6. The van der Waals surface area contributed by atoms with Crippen LogP contribution in [0.4, 0.5) is 0 Å². The topological polar surface area (TPSA) is 105 Å². The highest BCUT2D eigenvalue weighted by Crippen LogP contribution is 2.34. The summed E-state index contributed by atoms with van der Waals surface area (Å²) >= 11 is 0. The van der Waals surface area contributed by atoms with Crippen LogP contribution in [0.25, 0.3) is 0 Å². The number of para-hydroxylation sites is 1. The third-order valence-electron chi connectivity index (χ3n) is 5.42. The van der Waals surface area contributed by atoms with Crippen LogP contribution in [0.5, 0.6) is 11.5 Å². The van der Waals surface area contributed by atoms with Crippen LogP contribution >= 0.6 is 0 Å². The van der Waals surface area contributed by atoms with Gasteiger partial charge in [-0.15, -0.1) is 0 Å². The first-order valence-electron chi connectivity index (χ1n) is 10.4. The summed E-state index contributed by atoms with van der Waals surface area (Å²) in [6.45, 7) is 3.91. The summed E-state index contributed by atoms with van der Waals surface area (Å²) in [7, 11) is -3.80. The zero-order chi connectivity index (χ0) is 22.7. The Kier molecular flexibility index (Phi) is 6.33. The second-order valence-electron chi connectivity index (χ2n) is 7.47. The average molecular weight is 460 g/mol. The van der Waals surface area contributed by atoms with E-state index in [4.69, 9.17) is 9.47 Å². The second-order valence-corrected chi connectivity index (χ2v) is 9.41. The number of nitrogens with one attached hydrogen (secondary N) is 1. The van der Waals surface area contributed by atoms with Crippen molar-refractivity contribution >= 4 is 21.8 Å². The smallest absolute Gasteiger partial charge is 0.254 e. The molecule has 4 rings (SSSR count). The first-order valence-corrected chi connectivity index (χ1v) is 11.9. The highest BCUT2D eigenvalue weighted by Gasteiger charge is 2.29. The average Bonchev–Trinajstić information content (AvgIpc) is 2.82. The number of hydrogen-bond donors (Lipinski definition) is 1. The van der Waals surface area contributed by atoms with Gasteiger partial charge >= 0.3 is 0 Å². The molecule has 32 heavy (non-hydrogen) atoms. The fourth-order valence-electron chi connectivity index (χ4n) is 3.71. The molecular formula is C22H25N3O6S. The van der Waals surface area contributed by atoms with Gasteiger partial charge in [0.1, 0.15) is 13.2 Å². The van der Waals surface area contributed by atoms with Crippen molar-refractivity contribution in [1.82, 2.24) is 14.5 Å². The molecule has 2 aromatic carbocycles. The lowest BCUT2D eigenvalue weighted by molar-refractivity contribution is -0.122. The van der Waals surface area contributed by atoms with Crippen LogP contribution in [0.1, 0.15) is 22.8 Å². The Balaban J connectivity index is 1.51. The molecule has 0 atom stereocenters. The Hall–Kier alpha value is -3.11. The summed E-state index contributed by atoms with van der Waals surface area (Å²) < 4.78 is 38.1. The number of sulfonamides is 1. The quantitative estimate of drug-likeness (QED) is 0.697. The fraction of sp³-hybridized carbons (Fsp3) is 0.364. The van der Waals surface area contributed by atoms with Gasteiger partial charge in [-0.05, 0) is 37.3 Å². The summed E-state index contributed by atoms with van der Waals surface area (Å²) in [4.78, 5) is 26.4. The molecule has 2 amide bonds. The van der Waals surface area contributed by atoms with Crippen LogP contribution < -0.4 is 14.8 Å². The van der Waals surface area contributed by atoms with Gasteiger partial charge in [0, 0.05) is 37.3 Å². The van der Waals surface area contributed by atoms with E-state index in [0.29, 0.717) is 43.4 Å². The number of benzene rings is 2. The molecule has 0 unspecified atom stereocenters. The van der Waals surface area contributed by atoms with Crippen molar-refractivity contribution in [3.05, 3.63) is 53.6 Å². The summed E-state index contributed by atoms with van der Waals surface area (Å²) in [5, 5.41) is 2.61. The van der Waals surface area contributed by atoms with Crippen LogP contribution in [0.3, 0.4) is 0 Å². The monoisotopic (exact) mass is 459 g/mol. The standard InChI is InChI=1S/C22H25N3O6S/c1-2-24(14-17-4-3-5-19-21(17)31-13-12-30-19)22(27)16-6-8-18(9-7-16)32(28,29)25-11-10-23-20(26)15-25/h3-9H,2,10-15H2,1H3,(H,23,26). The van der Waals surface area contributed by atoms with Gasteiger partial charge in [0.2, 0.25) is 15.9 Å². The molecule has 0 radical (unpaired) electrons. The summed E-state index contributed by atoms with van der Waals surface area (Å²) in [6, 6.07) is 11.4. The molecular weight excluding hydrogens is 434 g/mol. The molecule has 170 valence electrons. The van der Waals surface area contributed by atoms with Gasteiger partial charge in [0.05, 0.1) is 11.4 Å². The molecule has 1 fully saturated rings. The van der Waals surface area contributed by atoms with Gasteiger partial charge < -0.3 is 19.7 Å². The van der Waals surface area contributed by atoms with Gasteiger partial charge in [-0.3, -0.25) is 9.59 Å². The van der Waals surface area contributed by atoms with Crippen molar-refractivity contribution in [2.45, 2.75) is 18.4 Å². The molecule has 0 aromatic heterocycles. The lowest BCUT2D eigenvalue weighted by atomic mass is 10.1. The van der Waals surface area contributed by atoms with Crippen molar-refractivity contribution in [1.29, 1.82) is 0 Å². The molecule has 0 spiro atoms. The Morgan fingerprint density at radius 3 is 2.59 bits per heavy atom. The predicted molar refractivity (Wildman–Crippen MR) is 116 cm³/mol. The number of rotatable bonds is 6. The van der Waals surface area contributed by atoms with E-state index in [9.17, 15) is 18.0 Å². The molecule has 1 N–H and O–H groups in total. The first kappa shape index (κ1) is 22.1. The van der Waals surface area contributed by atoms with Crippen molar-refractivity contribution in [3.8, 4) is 11.5 Å². The van der Waals surface area contributed by atoms with Gasteiger partial charge in [-0.2, -0.15) is 4.31 Å². The minimum Gasteiger partial charge on any atom is -0.486 e. The lowest BCUT2D eigenvalue weighted by Crippen LogP contribution is -2.49. The summed E-state index contributed by atoms with van der Waals surface area (Å²) in [6.07, 6.45) is 0. The third-order valence-corrected chi connectivity index (χ3v) is 7.28. The van der Waals surface area contributed by atoms with E-state index >= 15 is 0 Å².